The van der Waals surface area contributed by atoms with E-state index < -0.39 is 0 Å². The fourth-order valence-electron chi connectivity index (χ4n) is 1.96. The molecular formula is C14H15Cl2N3. The van der Waals surface area contributed by atoms with E-state index in [4.69, 9.17) is 34.8 Å². The Morgan fingerprint density at radius 3 is 2.42 bits per heavy atom. The molecule has 0 amide bonds. The van der Waals surface area contributed by atoms with Crippen LogP contribution in [0.5, 0.6) is 0 Å². The lowest BCUT2D eigenvalue weighted by atomic mass is 9.97. The Bertz CT molecular complexity index is 599. The first-order valence-electron chi connectivity index (χ1n) is 5.80. The van der Waals surface area contributed by atoms with Gasteiger partial charge in [0.25, 0.3) is 0 Å². The molecule has 0 heterocycles. The van der Waals surface area contributed by atoms with Crippen LogP contribution in [-0.2, 0) is 0 Å². The minimum absolute atomic E-state index is 0.227. The Morgan fingerprint density at radius 2 is 1.84 bits per heavy atom. The number of aryl methyl sites for hydroxylation is 1. The first-order valence-corrected chi connectivity index (χ1v) is 6.55. The number of hydrazine groups is 1. The number of hydrogen-bond donors (Lipinski definition) is 3. The van der Waals surface area contributed by atoms with Crippen LogP contribution in [0.25, 0.3) is 0 Å². The van der Waals surface area contributed by atoms with Gasteiger partial charge in [-0.05, 0) is 41.8 Å². The molecule has 2 rings (SSSR count). The van der Waals surface area contributed by atoms with Crippen molar-refractivity contribution >= 4 is 28.9 Å². The van der Waals surface area contributed by atoms with E-state index in [1.54, 1.807) is 12.1 Å². The summed E-state index contributed by atoms with van der Waals surface area (Å²) in [6.45, 7) is 1.95. The first-order chi connectivity index (χ1) is 9.02. The highest BCUT2D eigenvalue weighted by molar-refractivity contribution is 6.31. The number of nitrogens with one attached hydrogen (secondary N) is 1. The van der Waals surface area contributed by atoms with E-state index in [9.17, 15) is 0 Å². The second-order valence-corrected chi connectivity index (χ2v) is 5.23. The molecule has 2 aromatic rings. The SMILES string of the molecule is Cc1ccc(C(NN)c2ccc(Cl)cc2N)cc1Cl. The largest absolute Gasteiger partial charge is 0.398 e. The Morgan fingerprint density at radius 1 is 1.11 bits per heavy atom. The second-order valence-electron chi connectivity index (χ2n) is 4.38. The normalized spacial score (nSPS) is 12.4. The van der Waals surface area contributed by atoms with E-state index in [2.05, 4.69) is 5.43 Å². The van der Waals surface area contributed by atoms with Gasteiger partial charge in [-0.2, -0.15) is 0 Å². The van der Waals surface area contributed by atoms with E-state index in [0.29, 0.717) is 15.7 Å². The second kappa shape index (κ2) is 5.80. The number of nitrogens with two attached hydrogens (primary N) is 2. The van der Waals surface area contributed by atoms with Gasteiger partial charge in [0.2, 0.25) is 0 Å². The predicted molar refractivity (Wildman–Crippen MR) is 81.2 cm³/mol. The van der Waals surface area contributed by atoms with Crippen molar-refractivity contribution in [3.63, 3.8) is 0 Å². The smallest absolute Gasteiger partial charge is 0.0730 e. The number of nitrogen functional groups attached to an aromatic ring is 1. The van der Waals surface area contributed by atoms with Crippen LogP contribution in [0.2, 0.25) is 10.0 Å². The summed E-state index contributed by atoms with van der Waals surface area (Å²) < 4.78 is 0. The summed E-state index contributed by atoms with van der Waals surface area (Å²) >= 11 is 12.1. The highest BCUT2D eigenvalue weighted by Crippen LogP contribution is 2.30. The van der Waals surface area contributed by atoms with Crippen LogP contribution in [0.4, 0.5) is 5.69 Å². The monoisotopic (exact) mass is 295 g/mol. The molecule has 1 unspecified atom stereocenters. The Hall–Kier alpha value is -1.26. The first kappa shape index (κ1) is 14.2. The quantitative estimate of drug-likeness (QED) is 0.462. The van der Waals surface area contributed by atoms with Crippen molar-refractivity contribution in [1.82, 2.24) is 5.43 Å². The van der Waals surface area contributed by atoms with Gasteiger partial charge in [0, 0.05) is 15.7 Å². The molecule has 0 fully saturated rings. The third-order valence-electron chi connectivity index (χ3n) is 3.06. The van der Waals surface area contributed by atoms with Crippen LogP contribution in [-0.4, -0.2) is 0 Å². The summed E-state index contributed by atoms with van der Waals surface area (Å²) in [7, 11) is 0. The summed E-state index contributed by atoms with van der Waals surface area (Å²) in [6, 6.07) is 10.9. The molecule has 3 nitrogen and oxygen atoms in total. The van der Waals surface area contributed by atoms with Gasteiger partial charge < -0.3 is 5.73 Å². The number of halogens is 2. The molecule has 5 N–H and O–H groups in total. The molecule has 100 valence electrons. The van der Waals surface area contributed by atoms with Crippen LogP contribution in [0.15, 0.2) is 36.4 Å². The van der Waals surface area contributed by atoms with Crippen molar-refractivity contribution in [3.05, 3.63) is 63.1 Å². The predicted octanol–water partition coefficient (Wildman–Crippen LogP) is 3.44. The molecule has 0 aromatic heterocycles. The molecule has 5 heteroatoms. The van der Waals surface area contributed by atoms with E-state index in [1.807, 2.05) is 31.2 Å². The molecule has 0 spiro atoms. The summed E-state index contributed by atoms with van der Waals surface area (Å²) in [5.74, 6) is 5.65. The lowest BCUT2D eigenvalue weighted by molar-refractivity contribution is 0.638. The minimum atomic E-state index is -0.227. The average molecular weight is 296 g/mol. The van der Waals surface area contributed by atoms with Crippen molar-refractivity contribution in [2.75, 3.05) is 5.73 Å². The zero-order chi connectivity index (χ0) is 14.0. The number of benzene rings is 2. The van der Waals surface area contributed by atoms with Gasteiger partial charge >= 0.3 is 0 Å². The van der Waals surface area contributed by atoms with Crippen LogP contribution in [0.3, 0.4) is 0 Å². The van der Waals surface area contributed by atoms with Crippen molar-refractivity contribution in [3.8, 4) is 0 Å². The maximum atomic E-state index is 6.15. The summed E-state index contributed by atoms with van der Waals surface area (Å²) in [5, 5.41) is 1.30. The molecule has 0 saturated heterocycles. The molecule has 19 heavy (non-hydrogen) atoms. The van der Waals surface area contributed by atoms with Gasteiger partial charge in [-0.1, -0.05) is 41.4 Å². The van der Waals surface area contributed by atoms with E-state index in [-0.39, 0.29) is 6.04 Å². The fraction of sp³-hybridized carbons (Fsp3) is 0.143. The molecule has 1 atom stereocenters. The van der Waals surface area contributed by atoms with Crippen LogP contribution >= 0.6 is 23.2 Å². The Labute approximate surface area is 122 Å². The number of hydrogen-bond acceptors (Lipinski definition) is 3. The third kappa shape index (κ3) is 3.01. The number of anilines is 1. The van der Waals surface area contributed by atoms with Gasteiger partial charge in [0.05, 0.1) is 6.04 Å². The minimum Gasteiger partial charge on any atom is -0.398 e. The molecule has 0 saturated carbocycles. The van der Waals surface area contributed by atoms with Gasteiger partial charge in [0.15, 0.2) is 0 Å². The van der Waals surface area contributed by atoms with Gasteiger partial charge in [0.1, 0.15) is 0 Å². The summed E-state index contributed by atoms with van der Waals surface area (Å²) in [4.78, 5) is 0. The molecule has 0 aliphatic carbocycles. The van der Waals surface area contributed by atoms with Crippen molar-refractivity contribution in [2.45, 2.75) is 13.0 Å². The molecule has 0 aliphatic heterocycles. The van der Waals surface area contributed by atoms with Crippen LogP contribution < -0.4 is 17.0 Å². The fourth-order valence-corrected chi connectivity index (χ4v) is 2.33. The van der Waals surface area contributed by atoms with E-state index in [0.717, 1.165) is 16.7 Å². The summed E-state index contributed by atoms with van der Waals surface area (Å²) in [5.41, 5.74) is 12.2. The lowest BCUT2D eigenvalue weighted by Crippen LogP contribution is -2.29. The molecule has 0 radical (unpaired) electrons. The van der Waals surface area contributed by atoms with Crippen LogP contribution in [0.1, 0.15) is 22.7 Å². The van der Waals surface area contributed by atoms with Gasteiger partial charge in [-0.15, -0.1) is 0 Å². The lowest BCUT2D eigenvalue weighted by Gasteiger charge is -2.19. The number of rotatable bonds is 3. The molecular weight excluding hydrogens is 281 g/mol. The van der Waals surface area contributed by atoms with E-state index in [1.165, 1.54) is 0 Å². The summed E-state index contributed by atoms with van der Waals surface area (Å²) in [6.07, 6.45) is 0. The third-order valence-corrected chi connectivity index (χ3v) is 3.70. The maximum absolute atomic E-state index is 6.15. The highest BCUT2D eigenvalue weighted by Gasteiger charge is 2.16. The standard InChI is InChI=1S/C14H15Cl2N3/c1-8-2-3-9(6-12(8)16)14(19-18)11-5-4-10(15)7-13(11)17/h2-7,14,19H,17-18H2,1H3. The topological polar surface area (TPSA) is 64.1 Å². The zero-order valence-corrected chi connectivity index (χ0v) is 12.0. The average Bonchev–Trinajstić information content (AvgIpc) is 2.37. The zero-order valence-electron chi connectivity index (χ0n) is 10.5. The van der Waals surface area contributed by atoms with Crippen LogP contribution in [0, 0.1) is 6.92 Å². The molecule has 2 aromatic carbocycles. The molecule has 0 bridgehead atoms. The van der Waals surface area contributed by atoms with Gasteiger partial charge in [-0.3, -0.25) is 5.84 Å². The van der Waals surface area contributed by atoms with Crippen molar-refractivity contribution in [1.29, 1.82) is 0 Å². The molecule has 0 aliphatic rings. The van der Waals surface area contributed by atoms with Crippen molar-refractivity contribution in [2.24, 2.45) is 5.84 Å². The highest BCUT2D eigenvalue weighted by atomic mass is 35.5. The van der Waals surface area contributed by atoms with Crippen molar-refractivity contribution < 1.29 is 0 Å². The van der Waals surface area contributed by atoms with Gasteiger partial charge in [-0.25, -0.2) is 5.43 Å². The Kier molecular flexibility index (Phi) is 4.32. The van der Waals surface area contributed by atoms with E-state index >= 15 is 0 Å². The maximum Gasteiger partial charge on any atom is 0.0730 e. The Balaban J connectivity index is 2.46.